The molecule has 1 saturated heterocycles. The number of hydrogen-bond acceptors (Lipinski definition) is 5. The van der Waals surface area contributed by atoms with Gasteiger partial charge in [0.15, 0.2) is 5.96 Å². The first-order valence-corrected chi connectivity index (χ1v) is 11.1. The maximum atomic E-state index is 11.7. The molecule has 0 saturated carbocycles. The van der Waals surface area contributed by atoms with E-state index >= 15 is 0 Å². The number of alkyl carbamates (subject to hydrolysis) is 1. The summed E-state index contributed by atoms with van der Waals surface area (Å²) in [4.78, 5) is 18.4. The second kappa shape index (κ2) is 12.4. The molecule has 0 radical (unpaired) electrons. The number of guanidine groups is 1. The molecule has 31 heavy (non-hydrogen) atoms. The number of nitrogens with one attached hydrogen (secondary N) is 3. The van der Waals surface area contributed by atoms with Gasteiger partial charge in [-0.1, -0.05) is 12.1 Å². The van der Waals surface area contributed by atoms with E-state index in [1.807, 2.05) is 32.9 Å². The molecular formula is C23H39N5O3. The lowest BCUT2D eigenvalue weighted by Gasteiger charge is -2.32. The van der Waals surface area contributed by atoms with Crippen LogP contribution in [0.4, 0.5) is 4.79 Å². The van der Waals surface area contributed by atoms with E-state index in [1.54, 1.807) is 14.2 Å². The van der Waals surface area contributed by atoms with Crippen molar-refractivity contribution in [1.29, 1.82) is 0 Å². The summed E-state index contributed by atoms with van der Waals surface area (Å²) in [5.41, 5.74) is 0.834. The number of benzene rings is 1. The average molecular weight is 434 g/mol. The molecule has 0 bridgehead atoms. The zero-order valence-corrected chi connectivity index (χ0v) is 19.7. The molecule has 0 aliphatic carbocycles. The fourth-order valence-corrected chi connectivity index (χ4v) is 3.46. The largest absolute Gasteiger partial charge is 0.497 e. The summed E-state index contributed by atoms with van der Waals surface area (Å²) in [7, 11) is 3.45. The summed E-state index contributed by atoms with van der Waals surface area (Å²) >= 11 is 0. The molecule has 174 valence electrons. The molecule has 1 amide bonds. The summed E-state index contributed by atoms with van der Waals surface area (Å²) in [6.45, 7) is 10.7. The Morgan fingerprint density at radius 2 is 1.74 bits per heavy atom. The number of amides is 1. The highest BCUT2D eigenvalue weighted by Gasteiger charge is 2.19. The van der Waals surface area contributed by atoms with Gasteiger partial charge in [-0.15, -0.1) is 0 Å². The van der Waals surface area contributed by atoms with Gasteiger partial charge in [0.25, 0.3) is 0 Å². The Morgan fingerprint density at radius 3 is 2.32 bits per heavy atom. The molecule has 1 aliphatic heterocycles. The molecule has 3 N–H and O–H groups in total. The Kier molecular flexibility index (Phi) is 9.91. The Balaban J connectivity index is 1.60. The minimum Gasteiger partial charge on any atom is -0.497 e. The third-order valence-corrected chi connectivity index (χ3v) is 5.14. The quantitative estimate of drug-likeness (QED) is 0.332. The second-order valence-corrected chi connectivity index (χ2v) is 8.88. The number of piperidine rings is 1. The van der Waals surface area contributed by atoms with E-state index in [0.29, 0.717) is 19.0 Å². The Morgan fingerprint density at radius 1 is 1.10 bits per heavy atom. The predicted molar refractivity (Wildman–Crippen MR) is 125 cm³/mol. The molecule has 0 unspecified atom stereocenters. The summed E-state index contributed by atoms with van der Waals surface area (Å²) < 4.78 is 10.4. The lowest BCUT2D eigenvalue weighted by molar-refractivity contribution is 0.0529. The molecule has 0 aromatic heterocycles. The first-order chi connectivity index (χ1) is 14.8. The molecule has 1 aromatic carbocycles. The van der Waals surface area contributed by atoms with Crippen LogP contribution in [-0.4, -0.2) is 69.4 Å². The van der Waals surface area contributed by atoms with E-state index < -0.39 is 11.7 Å². The summed E-state index contributed by atoms with van der Waals surface area (Å²) in [5.74, 6) is 2.29. The summed E-state index contributed by atoms with van der Waals surface area (Å²) in [6, 6.07) is 8.32. The molecule has 8 heteroatoms. The van der Waals surface area contributed by atoms with Crippen molar-refractivity contribution >= 4 is 12.1 Å². The Hall–Kier alpha value is -2.48. The van der Waals surface area contributed by atoms with Gasteiger partial charge in [0, 0.05) is 33.2 Å². The zero-order chi connectivity index (χ0) is 22.7. The van der Waals surface area contributed by atoms with Crippen molar-refractivity contribution in [2.45, 2.75) is 45.8 Å². The molecule has 1 fully saturated rings. The van der Waals surface area contributed by atoms with Crippen LogP contribution in [-0.2, 0) is 11.3 Å². The van der Waals surface area contributed by atoms with E-state index in [9.17, 15) is 4.79 Å². The highest BCUT2D eigenvalue weighted by molar-refractivity contribution is 5.79. The van der Waals surface area contributed by atoms with Crippen LogP contribution in [0.15, 0.2) is 29.3 Å². The van der Waals surface area contributed by atoms with E-state index in [4.69, 9.17) is 9.47 Å². The minimum atomic E-state index is -0.487. The van der Waals surface area contributed by atoms with Gasteiger partial charge in [-0.3, -0.25) is 9.89 Å². The maximum absolute atomic E-state index is 11.7. The number of likely N-dealkylation sites (tertiary alicyclic amines) is 1. The Labute approximate surface area is 186 Å². The molecular weight excluding hydrogens is 394 g/mol. The normalized spacial score (nSPS) is 16.0. The van der Waals surface area contributed by atoms with Gasteiger partial charge in [0.2, 0.25) is 0 Å². The van der Waals surface area contributed by atoms with Crippen molar-refractivity contribution in [3.63, 3.8) is 0 Å². The van der Waals surface area contributed by atoms with Gasteiger partial charge in [0.1, 0.15) is 11.4 Å². The second-order valence-electron chi connectivity index (χ2n) is 8.88. The van der Waals surface area contributed by atoms with Crippen LogP contribution >= 0.6 is 0 Å². The minimum absolute atomic E-state index is 0.404. The Bertz CT molecular complexity index is 692. The zero-order valence-electron chi connectivity index (χ0n) is 19.7. The van der Waals surface area contributed by atoms with E-state index in [2.05, 4.69) is 38.0 Å². The van der Waals surface area contributed by atoms with Gasteiger partial charge in [0.05, 0.1) is 7.11 Å². The molecule has 1 heterocycles. The van der Waals surface area contributed by atoms with Crippen LogP contribution in [0.1, 0.15) is 39.2 Å². The van der Waals surface area contributed by atoms with Crippen LogP contribution < -0.4 is 20.7 Å². The highest BCUT2D eigenvalue weighted by Crippen LogP contribution is 2.19. The number of ether oxygens (including phenoxy) is 2. The number of rotatable bonds is 8. The third-order valence-electron chi connectivity index (χ3n) is 5.14. The number of hydrogen-bond donors (Lipinski definition) is 3. The first-order valence-electron chi connectivity index (χ1n) is 11.1. The van der Waals surface area contributed by atoms with Crippen LogP contribution in [0.5, 0.6) is 5.75 Å². The van der Waals surface area contributed by atoms with Crippen molar-refractivity contribution in [1.82, 2.24) is 20.9 Å². The molecule has 1 aliphatic rings. The van der Waals surface area contributed by atoms with Crippen molar-refractivity contribution in [2.75, 3.05) is 46.9 Å². The topological polar surface area (TPSA) is 87.2 Å². The van der Waals surface area contributed by atoms with E-state index in [-0.39, 0.29) is 0 Å². The highest BCUT2D eigenvalue weighted by atomic mass is 16.6. The van der Waals surface area contributed by atoms with Gasteiger partial charge >= 0.3 is 6.09 Å². The molecule has 1 aromatic rings. The first kappa shape index (κ1) is 24.8. The number of carbonyl (C=O) groups excluding carboxylic acids is 1. The van der Waals surface area contributed by atoms with E-state index in [1.165, 1.54) is 18.4 Å². The fraction of sp³-hybridized carbons (Fsp3) is 0.652. The SMILES string of the molecule is CN=C(NCCNC(=O)OC(C)(C)C)NCC1CCN(Cc2ccc(OC)cc2)CC1. The lowest BCUT2D eigenvalue weighted by Crippen LogP contribution is -2.45. The molecule has 0 spiro atoms. The van der Waals surface area contributed by atoms with Gasteiger partial charge in [-0.2, -0.15) is 0 Å². The monoisotopic (exact) mass is 433 g/mol. The van der Waals surface area contributed by atoms with Crippen molar-refractivity contribution in [2.24, 2.45) is 10.9 Å². The van der Waals surface area contributed by atoms with Crippen molar-refractivity contribution in [3.05, 3.63) is 29.8 Å². The number of aliphatic imine (C=N–C) groups is 1. The van der Waals surface area contributed by atoms with Gasteiger partial charge < -0.3 is 25.4 Å². The van der Waals surface area contributed by atoms with Crippen LogP contribution in [0.2, 0.25) is 0 Å². The van der Waals surface area contributed by atoms with Crippen LogP contribution in [0.25, 0.3) is 0 Å². The van der Waals surface area contributed by atoms with E-state index in [0.717, 1.165) is 37.9 Å². The smallest absolute Gasteiger partial charge is 0.407 e. The molecule has 0 atom stereocenters. The number of methoxy groups -OCH3 is 1. The van der Waals surface area contributed by atoms with Crippen molar-refractivity contribution < 1.29 is 14.3 Å². The van der Waals surface area contributed by atoms with Gasteiger partial charge in [-0.25, -0.2) is 4.79 Å². The van der Waals surface area contributed by atoms with Crippen LogP contribution in [0.3, 0.4) is 0 Å². The lowest BCUT2D eigenvalue weighted by atomic mass is 9.96. The summed E-state index contributed by atoms with van der Waals surface area (Å²) in [6.07, 6.45) is 1.93. The third kappa shape index (κ3) is 9.91. The fourth-order valence-electron chi connectivity index (χ4n) is 3.46. The van der Waals surface area contributed by atoms with Gasteiger partial charge in [-0.05, 0) is 70.3 Å². The average Bonchev–Trinajstić information content (AvgIpc) is 2.73. The standard InChI is InChI=1S/C23H39N5O3/c1-23(2,3)31-22(29)26-13-12-25-21(24-4)27-16-18-10-14-28(15-11-18)17-19-6-8-20(30-5)9-7-19/h6-9,18H,10-17H2,1-5H3,(H,26,29)(H2,24,25,27). The van der Waals surface area contributed by atoms with Crippen molar-refractivity contribution in [3.8, 4) is 5.75 Å². The summed E-state index contributed by atoms with van der Waals surface area (Å²) in [5, 5.41) is 9.37. The maximum Gasteiger partial charge on any atom is 0.407 e. The number of carbonyl (C=O) groups is 1. The van der Waals surface area contributed by atoms with Crippen LogP contribution in [0, 0.1) is 5.92 Å². The predicted octanol–water partition coefficient (Wildman–Crippen LogP) is 2.60. The molecule has 8 nitrogen and oxygen atoms in total. The molecule has 2 rings (SSSR count). The number of nitrogens with zero attached hydrogens (tertiary/aromatic N) is 2.